The lowest BCUT2D eigenvalue weighted by atomic mass is 9.87. The Labute approximate surface area is 146 Å². The van der Waals surface area contributed by atoms with E-state index in [0.717, 1.165) is 36.7 Å². The molecule has 0 saturated heterocycles. The third kappa shape index (κ3) is 4.50. The fourth-order valence-corrected chi connectivity index (χ4v) is 2.94. The van der Waals surface area contributed by atoms with Gasteiger partial charge in [-0.2, -0.15) is 4.98 Å². The largest absolute Gasteiger partial charge is 0.473 e. The van der Waals surface area contributed by atoms with E-state index in [9.17, 15) is 9.18 Å². The third-order valence-electron chi connectivity index (χ3n) is 4.45. The van der Waals surface area contributed by atoms with Gasteiger partial charge in [-0.3, -0.25) is 0 Å². The van der Waals surface area contributed by atoms with Gasteiger partial charge in [0, 0.05) is 24.2 Å². The van der Waals surface area contributed by atoms with Crippen molar-refractivity contribution in [1.29, 1.82) is 0 Å². The summed E-state index contributed by atoms with van der Waals surface area (Å²) in [5, 5.41) is 0. The summed E-state index contributed by atoms with van der Waals surface area (Å²) in [7, 11) is 0. The van der Waals surface area contributed by atoms with Crippen LogP contribution in [0.3, 0.4) is 0 Å². The SMILES string of the molecule is Cc1ccc(COc2ccnc(C3=CCC(CC=O)CC3)n2)c(F)c1. The molecular formula is C20H21FN2O2. The minimum absolute atomic E-state index is 0.128. The lowest BCUT2D eigenvalue weighted by Gasteiger charge is -2.19. The average molecular weight is 340 g/mol. The van der Waals surface area contributed by atoms with Gasteiger partial charge in [-0.15, -0.1) is 0 Å². The van der Waals surface area contributed by atoms with E-state index >= 15 is 0 Å². The summed E-state index contributed by atoms with van der Waals surface area (Å²) in [4.78, 5) is 19.4. The van der Waals surface area contributed by atoms with E-state index in [0.29, 0.717) is 29.6 Å². The number of allylic oxidation sites excluding steroid dienone is 2. The first-order chi connectivity index (χ1) is 12.2. The number of carbonyl (C=O) groups excluding carboxylic acids is 1. The number of halogens is 1. The first-order valence-corrected chi connectivity index (χ1v) is 8.49. The molecule has 0 saturated carbocycles. The van der Waals surface area contributed by atoms with E-state index in [4.69, 9.17) is 4.74 Å². The molecule has 130 valence electrons. The van der Waals surface area contributed by atoms with E-state index in [2.05, 4.69) is 16.0 Å². The Bertz CT molecular complexity index is 789. The standard InChI is InChI=1S/C20H21FN2O2/c1-14-2-5-17(18(21)12-14)13-25-19-8-10-22-20(23-19)16-6-3-15(4-7-16)9-11-24/h2,5-6,8,10-12,15H,3-4,7,9,13H2,1H3. The van der Waals surface area contributed by atoms with Crippen LogP contribution in [0.15, 0.2) is 36.5 Å². The number of aldehydes is 1. The van der Waals surface area contributed by atoms with Crippen LogP contribution < -0.4 is 4.74 Å². The van der Waals surface area contributed by atoms with Crippen LogP contribution in [-0.4, -0.2) is 16.3 Å². The Balaban J connectivity index is 1.66. The Hall–Kier alpha value is -2.56. The molecule has 1 unspecified atom stereocenters. The summed E-state index contributed by atoms with van der Waals surface area (Å²) in [6.07, 6.45) is 8.05. The zero-order valence-corrected chi connectivity index (χ0v) is 14.2. The van der Waals surface area contributed by atoms with Gasteiger partial charge in [-0.25, -0.2) is 9.37 Å². The van der Waals surface area contributed by atoms with Crippen molar-refractivity contribution >= 4 is 11.9 Å². The number of aromatic nitrogens is 2. The fourth-order valence-electron chi connectivity index (χ4n) is 2.94. The van der Waals surface area contributed by atoms with Crippen molar-refractivity contribution in [3.05, 3.63) is 59.3 Å². The number of benzene rings is 1. The highest BCUT2D eigenvalue weighted by Gasteiger charge is 2.17. The van der Waals surface area contributed by atoms with Gasteiger partial charge < -0.3 is 9.53 Å². The van der Waals surface area contributed by atoms with E-state index in [1.165, 1.54) is 6.07 Å². The Morgan fingerprint density at radius 2 is 2.24 bits per heavy atom. The first-order valence-electron chi connectivity index (χ1n) is 8.49. The van der Waals surface area contributed by atoms with E-state index in [1.54, 1.807) is 18.3 Å². The maximum atomic E-state index is 13.9. The monoisotopic (exact) mass is 340 g/mol. The number of ether oxygens (including phenoxy) is 1. The second-order valence-electron chi connectivity index (χ2n) is 6.37. The van der Waals surface area contributed by atoms with Crippen LogP contribution >= 0.6 is 0 Å². The molecular weight excluding hydrogens is 319 g/mol. The second kappa shape index (κ2) is 8.01. The molecule has 1 aliphatic rings. The molecule has 0 spiro atoms. The van der Waals surface area contributed by atoms with Crippen molar-refractivity contribution < 1.29 is 13.9 Å². The van der Waals surface area contributed by atoms with Crippen LogP contribution in [0.25, 0.3) is 5.57 Å². The molecule has 1 aromatic heterocycles. The van der Waals surface area contributed by atoms with Crippen molar-refractivity contribution in [2.75, 3.05) is 0 Å². The first kappa shape index (κ1) is 17.3. The van der Waals surface area contributed by atoms with Gasteiger partial charge in [0.15, 0.2) is 5.82 Å². The van der Waals surface area contributed by atoms with Gasteiger partial charge in [0.1, 0.15) is 18.7 Å². The smallest absolute Gasteiger partial charge is 0.217 e. The molecule has 1 atom stereocenters. The molecule has 0 bridgehead atoms. The molecule has 5 heteroatoms. The number of nitrogens with zero attached hydrogens (tertiary/aromatic N) is 2. The number of aryl methyl sites for hydroxylation is 1. The zero-order chi connectivity index (χ0) is 17.6. The lowest BCUT2D eigenvalue weighted by molar-refractivity contribution is -0.108. The maximum Gasteiger partial charge on any atom is 0.217 e. The van der Waals surface area contributed by atoms with Gasteiger partial charge in [0.2, 0.25) is 5.88 Å². The summed E-state index contributed by atoms with van der Waals surface area (Å²) in [6, 6.07) is 6.75. The Kier molecular flexibility index (Phi) is 5.53. The predicted octanol–water partition coefficient (Wildman–Crippen LogP) is 4.28. The van der Waals surface area contributed by atoms with Gasteiger partial charge in [-0.05, 0) is 49.3 Å². The molecule has 2 aromatic rings. The summed E-state index contributed by atoms with van der Waals surface area (Å²) in [6.45, 7) is 1.98. The summed E-state index contributed by atoms with van der Waals surface area (Å²) in [5.41, 5.74) is 2.45. The van der Waals surface area contributed by atoms with Crippen LogP contribution in [0.4, 0.5) is 4.39 Å². The van der Waals surface area contributed by atoms with Crippen molar-refractivity contribution in [1.82, 2.24) is 9.97 Å². The highest BCUT2D eigenvalue weighted by Crippen LogP contribution is 2.30. The van der Waals surface area contributed by atoms with Gasteiger partial charge in [-0.1, -0.05) is 18.2 Å². The van der Waals surface area contributed by atoms with Crippen molar-refractivity contribution in [3.8, 4) is 5.88 Å². The van der Waals surface area contributed by atoms with Crippen LogP contribution in [0.5, 0.6) is 5.88 Å². The highest BCUT2D eigenvalue weighted by atomic mass is 19.1. The van der Waals surface area contributed by atoms with Crippen molar-refractivity contribution in [3.63, 3.8) is 0 Å². The zero-order valence-electron chi connectivity index (χ0n) is 14.2. The summed E-state index contributed by atoms with van der Waals surface area (Å²) < 4.78 is 19.5. The molecule has 3 rings (SSSR count). The minimum atomic E-state index is -0.273. The number of rotatable bonds is 6. The van der Waals surface area contributed by atoms with E-state index in [1.807, 2.05) is 13.0 Å². The Morgan fingerprint density at radius 3 is 2.96 bits per heavy atom. The average Bonchev–Trinajstić information content (AvgIpc) is 2.62. The van der Waals surface area contributed by atoms with Crippen LogP contribution in [-0.2, 0) is 11.4 Å². The van der Waals surface area contributed by atoms with Crippen LogP contribution in [0.1, 0.15) is 42.6 Å². The molecule has 1 aliphatic carbocycles. The van der Waals surface area contributed by atoms with Gasteiger partial charge in [0.25, 0.3) is 0 Å². The van der Waals surface area contributed by atoms with Crippen LogP contribution in [0, 0.1) is 18.7 Å². The minimum Gasteiger partial charge on any atom is -0.473 e. The summed E-state index contributed by atoms with van der Waals surface area (Å²) >= 11 is 0. The molecule has 0 N–H and O–H groups in total. The van der Waals surface area contributed by atoms with Crippen LogP contribution in [0.2, 0.25) is 0 Å². The number of hydrogen-bond acceptors (Lipinski definition) is 4. The van der Waals surface area contributed by atoms with E-state index in [-0.39, 0.29) is 12.4 Å². The number of hydrogen-bond donors (Lipinski definition) is 0. The molecule has 25 heavy (non-hydrogen) atoms. The highest BCUT2D eigenvalue weighted by molar-refractivity contribution is 5.61. The predicted molar refractivity (Wildman–Crippen MR) is 93.5 cm³/mol. The molecule has 1 aromatic carbocycles. The molecule has 1 heterocycles. The Morgan fingerprint density at radius 1 is 1.36 bits per heavy atom. The normalized spacial score (nSPS) is 17.0. The van der Waals surface area contributed by atoms with Gasteiger partial charge >= 0.3 is 0 Å². The second-order valence-corrected chi connectivity index (χ2v) is 6.37. The van der Waals surface area contributed by atoms with Crippen molar-refractivity contribution in [2.24, 2.45) is 5.92 Å². The topological polar surface area (TPSA) is 52.1 Å². The van der Waals surface area contributed by atoms with E-state index < -0.39 is 0 Å². The third-order valence-corrected chi connectivity index (χ3v) is 4.45. The quantitative estimate of drug-likeness (QED) is 0.737. The summed E-state index contributed by atoms with van der Waals surface area (Å²) in [5.74, 6) is 1.23. The molecule has 0 radical (unpaired) electrons. The molecule has 0 fully saturated rings. The van der Waals surface area contributed by atoms with Gasteiger partial charge in [0.05, 0.1) is 0 Å². The maximum absolute atomic E-state index is 13.9. The lowest BCUT2D eigenvalue weighted by Crippen LogP contribution is -2.08. The molecule has 0 amide bonds. The number of carbonyl (C=O) groups is 1. The molecule has 0 aliphatic heterocycles. The van der Waals surface area contributed by atoms with Crippen molar-refractivity contribution in [2.45, 2.75) is 39.2 Å². The molecule has 4 nitrogen and oxygen atoms in total. The fraction of sp³-hybridized carbons (Fsp3) is 0.350.